The summed E-state index contributed by atoms with van der Waals surface area (Å²) in [6.45, 7) is 3.46. The molecular formula is C13H18N4O2S. The molecule has 0 aliphatic carbocycles. The van der Waals surface area contributed by atoms with Crippen LogP contribution in [0.1, 0.15) is 24.6 Å². The third-order valence-electron chi connectivity index (χ3n) is 3.32. The fourth-order valence-corrected chi connectivity index (χ4v) is 3.20. The third kappa shape index (κ3) is 2.70. The Hall–Kier alpha value is -1.44. The van der Waals surface area contributed by atoms with E-state index in [2.05, 4.69) is 28.4 Å². The summed E-state index contributed by atoms with van der Waals surface area (Å²) in [6.07, 6.45) is 3.28. The normalized spacial score (nSPS) is 18.6. The molecule has 0 aromatic carbocycles. The molecule has 3 N–H and O–H groups in total. The van der Waals surface area contributed by atoms with Crippen LogP contribution >= 0.6 is 11.3 Å². The summed E-state index contributed by atoms with van der Waals surface area (Å²) in [5.41, 5.74) is 2.49. The van der Waals surface area contributed by atoms with Crippen LogP contribution in [0.3, 0.4) is 0 Å². The van der Waals surface area contributed by atoms with E-state index in [0.717, 1.165) is 36.1 Å². The molecule has 1 fully saturated rings. The van der Waals surface area contributed by atoms with Crippen molar-refractivity contribution in [2.24, 2.45) is 5.84 Å². The van der Waals surface area contributed by atoms with Crippen LogP contribution in [-0.2, 0) is 11.2 Å². The lowest BCUT2D eigenvalue weighted by atomic mass is 10.2. The number of nitrogen functional groups attached to an aromatic ring is 1. The molecular weight excluding hydrogens is 276 g/mol. The number of nitrogens with two attached hydrogens (primary N) is 1. The smallest absolute Gasteiger partial charge is 0.241 e. The predicted molar refractivity (Wildman–Crippen MR) is 79.1 cm³/mol. The average Bonchev–Trinajstić information content (AvgIpc) is 3.12. The molecule has 1 unspecified atom stereocenters. The second-order valence-corrected chi connectivity index (χ2v) is 5.84. The number of rotatable bonds is 5. The lowest BCUT2D eigenvalue weighted by Crippen LogP contribution is -2.17. The van der Waals surface area contributed by atoms with Crippen LogP contribution in [-0.4, -0.2) is 29.3 Å². The Kier molecular flexibility index (Phi) is 4.00. The molecule has 0 saturated carbocycles. The first-order valence-corrected chi connectivity index (χ1v) is 7.63. The summed E-state index contributed by atoms with van der Waals surface area (Å²) in [6, 6.07) is 2.09. The summed E-state index contributed by atoms with van der Waals surface area (Å²) in [4.78, 5) is 10.8. The standard InChI is InChI=1S/C13H18N4O2S/c1-2-9-6-10-11(19-7-8-4-3-5-18-8)15-13(17-14)16-12(10)20-9/h6,8H,2-5,7,14H2,1H3,(H,15,16,17). The molecule has 2 aromatic rings. The molecule has 0 amide bonds. The number of aryl methyl sites for hydroxylation is 1. The van der Waals surface area contributed by atoms with Crippen molar-refractivity contribution in [3.05, 3.63) is 10.9 Å². The van der Waals surface area contributed by atoms with Gasteiger partial charge in [0.25, 0.3) is 0 Å². The van der Waals surface area contributed by atoms with Crippen molar-refractivity contribution in [3.8, 4) is 5.88 Å². The zero-order valence-electron chi connectivity index (χ0n) is 11.4. The highest BCUT2D eigenvalue weighted by molar-refractivity contribution is 7.18. The molecule has 1 atom stereocenters. The summed E-state index contributed by atoms with van der Waals surface area (Å²) in [5, 5.41) is 0.948. The highest BCUT2D eigenvalue weighted by Gasteiger charge is 2.18. The number of hydrogen-bond donors (Lipinski definition) is 2. The van der Waals surface area contributed by atoms with Gasteiger partial charge < -0.3 is 9.47 Å². The third-order valence-corrected chi connectivity index (χ3v) is 4.49. The number of fused-ring (bicyclic) bond motifs is 1. The molecule has 1 aliphatic heterocycles. The second-order valence-electron chi connectivity index (χ2n) is 4.73. The summed E-state index contributed by atoms with van der Waals surface area (Å²) in [5.74, 6) is 6.37. The Morgan fingerprint density at radius 2 is 2.45 bits per heavy atom. The first-order valence-electron chi connectivity index (χ1n) is 6.81. The van der Waals surface area contributed by atoms with Crippen LogP contribution < -0.4 is 16.0 Å². The quantitative estimate of drug-likeness (QED) is 0.649. The molecule has 3 rings (SSSR count). The van der Waals surface area contributed by atoms with Gasteiger partial charge in [0, 0.05) is 11.5 Å². The van der Waals surface area contributed by atoms with Gasteiger partial charge in [-0.25, -0.2) is 10.8 Å². The van der Waals surface area contributed by atoms with Gasteiger partial charge in [-0.1, -0.05) is 6.92 Å². The number of ether oxygens (including phenoxy) is 2. The molecule has 6 nitrogen and oxygen atoms in total. The lowest BCUT2D eigenvalue weighted by molar-refractivity contribution is 0.0669. The topological polar surface area (TPSA) is 82.3 Å². The number of nitrogens with zero attached hydrogens (tertiary/aromatic N) is 2. The van der Waals surface area contributed by atoms with E-state index in [1.54, 1.807) is 11.3 Å². The van der Waals surface area contributed by atoms with Gasteiger partial charge in [0.05, 0.1) is 11.5 Å². The molecule has 0 bridgehead atoms. The van der Waals surface area contributed by atoms with Gasteiger partial charge in [-0.05, 0) is 25.3 Å². The largest absolute Gasteiger partial charge is 0.474 e. The minimum atomic E-state index is 0.165. The minimum absolute atomic E-state index is 0.165. The van der Waals surface area contributed by atoms with E-state index in [0.29, 0.717) is 18.4 Å². The van der Waals surface area contributed by atoms with Gasteiger partial charge >= 0.3 is 0 Å². The van der Waals surface area contributed by atoms with Crippen molar-refractivity contribution in [2.45, 2.75) is 32.3 Å². The number of hydrogen-bond acceptors (Lipinski definition) is 7. The average molecular weight is 294 g/mol. The zero-order chi connectivity index (χ0) is 13.9. The van der Waals surface area contributed by atoms with E-state index in [-0.39, 0.29) is 6.10 Å². The lowest BCUT2D eigenvalue weighted by Gasteiger charge is -2.11. The number of nitrogens with one attached hydrogen (secondary N) is 1. The summed E-state index contributed by atoms with van der Waals surface area (Å²) in [7, 11) is 0. The number of thiophene rings is 1. The Bertz CT molecular complexity index is 595. The highest BCUT2D eigenvalue weighted by Crippen LogP contribution is 2.32. The molecule has 1 saturated heterocycles. The van der Waals surface area contributed by atoms with Crippen molar-refractivity contribution in [1.82, 2.24) is 9.97 Å². The van der Waals surface area contributed by atoms with E-state index in [1.807, 2.05) is 0 Å². The number of anilines is 1. The highest BCUT2D eigenvalue weighted by atomic mass is 32.1. The SMILES string of the molecule is CCc1cc2c(OCC3CCCO3)nc(NN)nc2s1. The van der Waals surface area contributed by atoms with Crippen LogP contribution in [0, 0.1) is 0 Å². The molecule has 0 spiro atoms. The summed E-state index contributed by atoms with van der Waals surface area (Å²) < 4.78 is 11.4. The maximum Gasteiger partial charge on any atom is 0.241 e. The van der Waals surface area contributed by atoms with Crippen LogP contribution in [0.2, 0.25) is 0 Å². The Morgan fingerprint density at radius 3 is 3.15 bits per heavy atom. The molecule has 7 heteroatoms. The maximum atomic E-state index is 5.84. The maximum absolute atomic E-state index is 5.84. The van der Waals surface area contributed by atoms with Crippen molar-refractivity contribution < 1.29 is 9.47 Å². The number of hydrazine groups is 1. The van der Waals surface area contributed by atoms with E-state index in [4.69, 9.17) is 15.3 Å². The van der Waals surface area contributed by atoms with Crippen molar-refractivity contribution in [2.75, 3.05) is 18.6 Å². The van der Waals surface area contributed by atoms with Gasteiger partial charge in [-0.2, -0.15) is 4.98 Å². The summed E-state index contributed by atoms with van der Waals surface area (Å²) >= 11 is 1.64. The minimum Gasteiger partial charge on any atom is -0.474 e. The van der Waals surface area contributed by atoms with Crippen molar-refractivity contribution >= 4 is 27.5 Å². The molecule has 0 radical (unpaired) electrons. The van der Waals surface area contributed by atoms with E-state index < -0.39 is 0 Å². The van der Waals surface area contributed by atoms with Gasteiger partial charge in [0.2, 0.25) is 11.8 Å². The van der Waals surface area contributed by atoms with Gasteiger partial charge in [-0.3, -0.25) is 5.43 Å². The van der Waals surface area contributed by atoms with Crippen molar-refractivity contribution in [1.29, 1.82) is 0 Å². The first kappa shape index (κ1) is 13.5. The van der Waals surface area contributed by atoms with Gasteiger partial charge in [0.15, 0.2) is 0 Å². The van der Waals surface area contributed by atoms with Crippen LogP contribution in [0.4, 0.5) is 5.95 Å². The monoisotopic (exact) mass is 294 g/mol. The Morgan fingerprint density at radius 1 is 1.55 bits per heavy atom. The molecule has 2 aromatic heterocycles. The molecule has 108 valence electrons. The van der Waals surface area contributed by atoms with E-state index >= 15 is 0 Å². The predicted octanol–water partition coefficient (Wildman–Crippen LogP) is 2.10. The molecule has 3 heterocycles. The zero-order valence-corrected chi connectivity index (χ0v) is 12.2. The van der Waals surface area contributed by atoms with Crippen LogP contribution in [0.5, 0.6) is 5.88 Å². The first-order chi connectivity index (χ1) is 9.80. The second kappa shape index (κ2) is 5.90. The van der Waals surface area contributed by atoms with Crippen LogP contribution in [0.25, 0.3) is 10.2 Å². The molecule has 20 heavy (non-hydrogen) atoms. The van der Waals surface area contributed by atoms with E-state index in [9.17, 15) is 0 Å². The van der Waals surface area contributed by atoms with Gasteiger partial charge in [-0.15, -0.1) is 11.3 Å². The van der Waals surface area contributed by atoms with Crippen molar-refractivity contribution in [3.63, 3.8) is 0 Å². The van der Waals surface area contributed by atoms with E-state index in [1.165, 1.54) is 4.88 Å². The number of aromatic nitrogens is 2. The fourth-order valence-electron chi connectivity index (χ4n) is 2.24. The van der Waals surface area contributed by atoms with Gasteiger partial charge in [0.1, 0.15) is 11.4 Å². The Balaban J connectivity index is 1.87. The molecule has 1 aliphatic rings. The Labute approximate surface area is 121 Å². The fraction of sp³-hybridized carbons (Fsp3) is 0.538. The van der Waals surface area contributed by atoms with Crippen LogP contribution in [0.15, 0.2) is 6.07 Å².